The van der Waals surface area contributed by atoms with Gasteiger partial charge in [-0.25, -0.2) is 9.78 Å². The molecule has 0 amide bonds. The van der Waals surface area contributed by atoms with Gasteiger partial charge in [0.15, 0.2) is 11.4 Å². The molecule has 2 N–H and O–H groups in total. The number of aryl methyl sites for hydroxylation is 2. The monoisotopic (exact) mass is 293 g/mol. The van der Waals surface area contributed by atoms with Gasteiger partial charge < -0.3 is 10.2 Å². The number of benzene rings is 2. The third-order valence-corrected chi connectivity index (χ3v) is 3.68. The second-order valence-electron chi connectivity index (χ2n) is 5.10. The van der Waals surface area contributed by atoms with Crippen molar-refractivity contribution >= 4 is 16.9 Å². The Balaban J connectivity index is 2.06. The molecule has 0 bridgehead atoms. The van der Waals surface area contributed by atoms with Crippen LogP contribution >= 0.6 is 0 Å². The van der Waals surface area contributed by atoms with Gasteiger partial charge in [0.1, 0.15) is 0 Å². The van der Waals surface area contributed by atoms with Gasteiger partial charge in [-0.15, -0.1) is 0 Å². The number of carbonyl (C=O) groups is 1. The molecule has 3 aromatic rings. The molecule has 0 saturated heterocycles. The molecule has 0 atom stereocenters. The normalized spacial score (nSPS) is 10.7. The maximum atomic E-state index is 11.3. The fraction of sp³-hybridized carbons (Fsp3) is 0.111. The largest absolute Gasteiger partial charge is 0.505 e. The highest BCUT2D eigenvalue weighted by atomic mass is 16.4. The molecule has 0 spiro atoms. The summed E-state index contributed by atoms with van der Waals surface area (Å²) in [4.78, 5) is 15.3. The molecule has 0 aliphatic heterocycles. The molecule has 4 nitrogen and oxygen atoms in total. The molecule has 0 unspecified atom stereocenters. The number of hydrogen-bond acceptors (Lipinski definition) is 3. The Morgan fingerprint density at radius 2 is 1.64 bits per heavy atom. The summed E-state index contributed by atoms with van der Waals surface area (Å²) in [5, 5.41) is 20.3. The first-order chi connectivity index (χ1) is 10.7. The second kappa shape index (κ2) is 5.85. The first kappa shape index (κ1) is 14.1. The zero-order chi connectivity index (χ0) is 15.5. The van der Waals surface area contributed by atoms with Crippen molar-refractivity contribution in [1.82, 2.24) is 4.98 Å². The average Bonchev–Trinajstić information content (AvgIpc) is 2.54. The molecule has 4 heteroatoms. The number of hydrogen-bond donors (Lipinski definition) is 2. The average molecular weight is 293 g/mol. The molecule has 110 valence electrons. The first-order valence-electron chi connectivity index (χ1n) is 7.04. The third kappa shape index (κ3) is 2.63. The number of carboxylic acid groups (broad SMARTS) is 1. The molecular formula is C18H15NO3. The predicted molar refractivity (Wildman–Crippen MR) is 84.2 cm³/mol. The van der Waals surface area contributed by atoms with Crippen LogP contribution in [0.4, 0.5) is 0 Å². The highest BCUT2D eigenvalue weighted by Crippen LogP contribution is 2.30. The fourth-order valence-electron chi connectivity index (χ4n) is 2.59. The zero-order valence-electron chi connectivity index (χ0n) is 11.9. The van der Waals surface area contributed by atoms with Gasteiger partial charge >= 0.3 is 5.97 Å². The van der Waals surface area contributed by atoms with Gasteiger partial charge in [0, 0.05) is 10.9 Å². The summed E-state index contributed by atoms with van der Waals surface area (Å²) in [6.07, 6.45) is 1.28. The van der Waals surface area contributed by atoms with Crippen molar-refractivity contribution in [2.24, 2.45) is 0 Å². The molecule has 1 heterocycles. The zero-order valence-corrected chi connectivity index (χ0v) is 11.9. The smallest absolute Gasteiger partial charge is 0.358 e. The van der Waals surface area contributed by atoms with Gasteiger partial charge in [-0.05, 0) is 24.5 Å². The number of fused-ring (bicyclic) bond motifs is 1. The second-order valence-corrected chi connectivity index (χ2v) is 5.10. The Bertz CT molecular complexity index is 828. The fourth-order valence-corrected chi connectivity index (χ4v) is 2.59. The van der Waals surface area contributed by atoms with Crippen LogP contribution in [-0.2, 0) is 12.8 Å². The number of rotatable bonds is 4. The van der Waals surface area contributed by atoms with E-state index in [1.165, 1.54) is 0 Å². The van der Waals surface area contributed by atoms with Gasteiger partial charge in [-0.2, -0.15) is 0 Å². The summed E-state index contributed by atoms with van der Waals surface area (Å²) in [5.41, 5.74) is 2.06. The third-order valence-electron chi connectivity index (χ3n) is 3.68. The van der Waals surface area contributed by atoms with Gasteiger partial charge in [0.2, 0.25) is 0 Å². The number of aromatic hydroxyl groups is 1. The highest BCUT2D eigenvalue weighted by Gasteiger charge is 2.18. The van der Waals surface area contributed by atoms with E-state index in [2.05, 4.69) is 4.98 Å². The van der Waals surface area contributed by atoms with E-state index < -0.39 is 5.97 Å². The van der Waals surface area contributed by atoms with Crippen LogP contribution in [0.15, 0.2) is 54.6 Å². The number of aromatic carboxylic acids is 1. The van der Waals surface area contributed by atoms with E-state index in [-0.39, 0.29) is 11.4 Å². The van der Waals surface area contributed by atoms with Crippen molar-refractivity contribution in [2.45, 2.75) is 12.8 Å². The summed E-state index contributed by atoms with van der Waals surface area (Å²) in [7, 11) is 0. The predicted octanol–water partition coefficient (Wildman–Crippen LogP) is 3.42. The van der Waals surface area contributed by atoms with Crippen LogP contribution in [0.25, 0.3) is 10.9 Å². The summed E-state index contributed by atoms with van der Waals surface area (Å²) in [6, 6.07) is 17.2. The lowest BCUT2D eigenvalue weighted by Crippen LogP contribution is -2.05. The minimum Gasteiger partial charge on any atom is -0.505 e. The Hall–Kier alpha value is -2.88. The summed E-state index contributed by atoms with van der Waals surface area (Å²) in [5.74, 6) is -1.45. The van der Waals surface area contributed by atoms with E-state index in [9.17, 15) is 15.0 Å². The van der Waals surface area contributed by atoms with Crippen LogP contribution < -0.4 is 0 Å². The van der Waals surface area contributed by atoms with Crippen LogP contribution in [0.5, 0.6) is 5.75 Å². The van der Waals surface area contributed by atoms with Crippen LogP contribution in [0.2, 0.25) is 0 Å². The van der Waals surface area contributed by atoms with E-state index in [4.69, 9.17) is 0 Å². The first-order valence-corrected chi connectivity index (χ1v) is 7.04. The molecule has 0 saturated carbocycles. The van der Waals surface area contributed by atoms with E-state index in [1.807, 2.05) is 42.5 Å². The number of nitrogens with zero attached hydrogens (tertiary/aromatic N) is 1. The van der Waals surface area contributed by atoms with Crippen molar-refractivity contribution in [1.29, 1.82) is 0 Å². The van der Waals surface area contributed by atoms with Crippen molar-refractivity contribution in [3.05, 3.63) is 71.4 Å². The standard InChI is InChI=1S/C18H15NO3/c20-17-14(11-10-12-6-2-1-3-7-12)13-8-4-5-9-15(13)19-16(17)18(21)22/h1-9,20H,10-11H2,(H,21,22). The van der Waals surface area contributed by atoms with E-state index in [0.717, 1.165) is 17.4 Å². The lowest BCUT2D eigenvalue weighted by atomic mass is 9.99. The quantitative estimate of drug-likeness (QED) is 0.773. The van der Waals surface area contributed by atoms with Crippen LogP contribution in [0, 0.1) is 0 Å². The van der Waals surface area contributed by atoms with Crippen molar-refractivity contribution in [3.63, 3.8) is 0 Å². The van der Waals surface area contributed by atoms with E-state index >= 15 is 0 Å². The minimum absolute atomic E-state index is 0.234. The van der Waals surface area contributed by atoms with Crippen LogP contribution in [0.3, 0.4) is 0 Å². The molecule has 22 heavy (non-hydrogen) atoms. The number of para-hydroxylation sites is 1. The molecule has 1 aromatic heterocycles. The topological polar surface area (TPSA) is 70.4 Å². The minimum atomic E-state index is -1.22. The lowest BCUT2D eigenvalue weighted by Gasteiger charge is -2.11. The summed E-state index contributed by atoms with van der Waals surface area (Å²) >= 11 is 0. The Kier molecular flexibility index (Phi) is 3.74. The Labute approximate surface area is 127 Å². The van der Waals surface area contributed by atoms with E-state index in [1.54, 1.807) is 12.1 Å². The van der Waals surface area contributed by atoms with Crippen LogP contribution in [-0.4, -0.2) is 21.2 Å². The Morgan fingerprint density at radius 1 is 0.955 bits per heavy atom. The van der Waals surface area contributed by atoms with Crippen LogP contribution in [0.1, 0.15) is 21.6 Å². The molecule has 2 aromatic carbocycles. The van der Waals surface area contributed by atoms with Gasteiger partial charge in [-0.1, -0.05) is 48.5 Å². The van der Waals surface area contributed by atoms with Gasteiger partial charge in [0.05, 0.1) is 5.52 Å². The maximum absolute atomic E-state index is 11.3. The van der Waals surface area contributed by atoms with Gasteiger partial charge in [0.25, 0.3) is 0 Å². The van der Waals surface area contributed by atoms with E-state index in [0.29, 0.717) is 17.5 Å². The summed E-state index contributed by atoms with van der Waals surface area (Å²) < 4.78 is 0. The molecule has 0 fully saturated rings. The molecule has 0 aliphatic carbocycles. The van der Waals surface area contributed by atoms with Crippen molar-refractivity contribution in [3.8, 4) is 5.75 Å². The SMILES string of the molecule is O=C(O)c1nc2ccccc2c(CCc2ccccc2)c1O. The highest BCUT2D eigenvalue weighted by molar-refractivity contribution is 5.95. The Morgan fingerprint density at radius 3 is 2.36 bits per heavy atom. The lowest BCUT2D eigenvalue weighted by molar-refractivity contribution is 0.0687. The van der Waals surface area contributed by atoms with Crippen molar-refractivity contribution < 1.29 is 15.0 Å². The number of carboxylic acids is 1. The number of pyridine rings is 1. The molecule has 3 rings (SSSR count). The van der Waals surface area contributed by atoms with Crippen molar-refractivity contribution in [2.75, 3.05) is 0 Å². The van der Waals surface area contributed by atoms with Gasteiger partial charge in [-0.3, -0.25) is 0 Å². The maximum Gasteiger partial charge on any atom is 0.358 e. The molecular weight excluding hydrogens is 278 g/mol. The molecule has 0 radical (unpaired) electrons. The molecule has 0 aliphatic rings. The number of aromatic nitrogens is 1. The summed E-state index contributed by atoms with van der Waals surface area (Å²) in [6.45, 7) is 0.